The molecular formula is C36H51ClN3O9P. The molecule has 1 saturated carbocycles. The first kappa shape index (κ1) is 39.8. The maximum atomic E-state index is 14.1. The first-order valence-corrected chi connectivity index (χ1v) is 19.6. The van der Waals surface area contributed by atoms with E-state index in [9.17, 15) is 29.2 Å². The third-order valence-corrected chi connectivity index (χ3v) is 11.7. The Bertz CT molecular complexity index is 1480. The van der Waals surface area contributed by atoms with Crippen LogP contribution >= 0.6 is 19.2 Å². The monoisotopic (exact) mass is 735 g/mol. The summed E-state index contributed by atoms with van der Waals surface area (Å²) in [5.74, 6) is -3.34. The van der Waals surface area contributed by atoms with E-state index in [-0.39, 0.29) is 44.5 Å². The van der Waals surface area contributed by atoms with Gasteiger partial charge in [0, 0.05) is 30.1 Å². The molecule has 1 aliphatic heterocycles. The number of hydrogen-bond donors (Lipinski definition) is 4. The number of aliphatic hydroxyl groups is 2. The number of benzene rings is 2. The molecule has 0 saturated heterocycles. The van der Waals surface area contributed by atoms with Gasteiger partial charge in [0.2, 0.25) is 17.7 Å². The first-order valence-electron chi connectivity index (χ1n) is 17.6. The van der Waals surface area contributed by atoms with Gasteiger partial charge in [-0.2, -0.15) is 0 Å². The van der Waals surface area contributed by atoms with Crippen LogP contribution in [0.15, 0.2) is 48.5 Å². The van der Waals surface area contributed by atoms with Gasteiger partial charge in [0.05, 0.1) is 13.2 Å². The van der Waals surface area contributed by atoms with E-state index >= 15 is 0 Å². The number of nitrogens with zero attached hydrogens (tertiary/aromatic N) is 1. The van der Waals surface area contributed by atoms with Crippen molar-refractivity contribution in [3.05, 3.63) is 64.7 Å². The van der Waals surface area contributed by atoms with Crippen LogP contribution in [0, 0.1) is 5.92 Å². The average Bonchev–Trinajstić information content (AvgIpc) is 3.33. The van der Waals surface area contributed by atoms with Crippen molar-refractivity contribution in [2.24, 2.45) is 5.92 Å². The number of nitrogens with one attached hydrogen (secondary N) is 2. The molecule has 12 nitrogen and oxygen atoms in total. The van der Waals surface area contributed by atoms with Gasteiger partial charge in [0.25, 0.3) is 0 Å². The smallest absolute Gasteiger partial charge is 0.408 e. The SMILES string of the molecule is CCOP(=O)(OCC)C(O)C(O)(CCC(=O)N1CCCCc2ccccc21)NC(=O)[C@H](CC1CCCCC1)NC(=O)OCc1cccc(Cl)c1. The third kappa shape index (κ3) is 11.0. The Morgan fingerprint density at radius 1 is 1.02 bits per heavy atom. The minimum Gasteiger partial charge on any atom is -0.445 e. The van der Waals surface area contributed by atoms with E-state index in [2.05, 4.69) is 10.6 Å². The number of ether oxygens (including phenoxy) is 1. The first-order chi connectivity index (χ1) is 24.0. The number of para-hydroxylation sites is 1. The van der Waals surface area contributed by atoms with Gasteiger partial charge in [-0.3, -0.25) is 14.2 Å². The number of aryl methyl sites for hydroxylation is 1. The Balaban J connectivity index is 1.57. The third-order valence-electron chi connectivity index (χ3n) is 9.23. The lowest BCUT2D eigenvalue weighted by Gasteiger charge is -2.38. The van der Waals surface area contributed by atoms with Crippen LogP contribution in [0.3, 0.4) is 0 Å². The number of anilines is 1. The number of carbonyl (C=O) groups is 3. The highest BCUT2D eigenvalue weighted by molar-refractivity contribution is 7.54. The van der Waals surface area contributed by atoms with E-state index in [1.54, 1.807) is 43.0 Å². The summed E-state index contributed by atoms with van der Waals surface area (Å²) in [7, 11) is -4.44. The van der Waals surface area contributed by atoms with E-state index < -0.39 is 43.6 Å². The van der Waals surface area contributed by atoms with Crippen molar-refractivity contribution >= 4 is 42.8 Å². The van der Waals surface area contributed by atoms with Crippen LogP contribution in [0.4, 0.5) is 10.5 Å². The van der Waals surface area contributed by atoms with Gasteiger partial charge in [-0.05, 0) is 74.8 Å². The van der Waals surface area contributed by atoms with Crippen LogP contribution in [-0.4, -0.2) is 65.5 Å². The molecule has 3 amide bonds. The van der Waals surface area contributed by atoms with Gasteiger partial charge in [0.1, 0.15) is 12.6 Å². The molecule has 14 heteroatoms. The van der Waals surface area contributed by atoms with Crippen molar-refractivity contribution in [3.8, 4) is 0 Å². The standard InChI is InChI=1S/C36H51ClN3O9P/c1-3-48-50(46,49-4-2)34(43)36(45,21-20-32(41)40-22-11-10-17-28-16-8-9-19-31(28)40)39-33(42)30(24-26-13-6-5-7-14-26)38-35(44)47-25-27-15-12-18-29(37)23-27/h8-9,12,15-16,18-19,23,26,30,34,43,45H,3-7,10-11,13-14,17,20-22,24-25H2,1-2H3,(H,38,44)(H,39,42)/t30-,34?,36?/m0/s1. The Hall–Kier alpha value is -2.99. The lowest BCUT2D eigenvalue weighted by Crippen LogP contribution is -2.61. The number of halogens is 1. The maximum absolute atomic E-state index is 14.1. The lowest BCUT2D eigenvalue weighted by atomic mass is 9.84. The molecule has 4 rings (SSSR count). The van der Waals surface area contributed by atoms with E-state index in [4.69, 9.17) is 25.4 Å². The van der Waals surface area contributed by atoms with E-state index in [0.29, 0.717) is 17.1 Å². The van der Waals surface area contributed by atoms with Crippen LogP contribution < -0.4 is 15.5 Å². The highest BCUT2D eigenvalue weighted by atomic mass is 35.5. The van der Waals surface area contributed by atoms with Gasteiger partial charge < -0.3 is 39.5 Å². The van der Waals surface area contributed by atoms with Crippen LogP contribution in [0.25, 0.3) is 0 Å². The average molecular weight is 736 g/mol. The predicted octanol–water partition coefficient (Wildman–Crippen LogP) is 6.44. The maximum Gasteiger partial charge on any atom is 0.408 e. The number of carbonyl (C=O) groups excluding carboxylic acids is 3. The molecule has 276 valence electrons. The molecular weight excluding hydrogens is 685 g/mol. The number of rotatable bonds is 16. The van der Waals surface area contributed by atoms with E-state index in [1.807, 2.05) is 24.3 Å². The van der Waals surface area contributed by atoms with Gasteiger partial charge in [-0.1, -0.05) is 74.0 Å². The minimum atomic E-state index is -4.44. The minimum absolute atomic E-state index is 0.0968. The zero-order valence-electron chi connectivity index (χ0n) is 29.0. The number of hydrogen-bond acceptors (Lipinski definition) is 9. The van der Waals surface area contributed by atoms with Crippen molar-refractivity contribution < 1.29 is 42.9 Å². The summed E-state index contributed by atoms with van der Waals surface area (Å²) in [5, 5.41) is 29.1. The molecule has 2 aromatic carbocycles. The Morgan fingerprint density at radius 3 is 2.44 bits per heavy atom. The second-order valence-electron chi connectivity index (χ2n) is 12.9. The van der Waals surface area contributed by atoms with Gasteiger partial charge >= 0.3 is 13.7 Å². The zero-order chi connectivity index (χ0) is 36.1. The molecule has 1 aliphatic carbocycles. The summed E-state index contributed by atoms with van der Waals surface area (Å²) >= 11 is 6.06. The zero-order valence-corrected chi connectivity index (χ0v) is 30.6. The summed E-state index contributed by atoms with van der Waals surface area (Å²) < 4.78 is 29.9. The normalized spacial score (nSPS) is 17.8. The molecule has 0 spiro atoms. The van der Waals surface area contributed by atoms with Crippen LogP contribution in [0.1, 0.15) is 89.2 Å². The van der Waals surface area contributed by atoms with Gasteiger partial charge in [-0.25, -0.2) is 4.79 Å². The fourth-order valence-electron chi connectivity index (χ4n) is 6.69. The summed E-state index contributed by atoms with van der Waals surface area (Å²) in [6.45, 7) is 3.23. The predicted molar refractivity (Wildman–Crippen MR) is 191 cm³/mol. The second-order valence-corrected chi connectivity index (χ2v) is 15.5. The fraction of sp³-hybridized carbons (Fsp3) is 0.583. The van der Waals surface area contributed by atoms with E-state index in [0.717, 1.165) is 62.6 Å². The molecule has 0 bridgehead atoms. The number of amides is 3. The summed E-state index contributed by atoms with van der Waals surface area (Å²) in [4.78, 5) is 42.4. The highest BCUT2D eigenvalue weighted by Crippen LogP contribution is 2.55. The number of aliphatic hydroxyl groups excluding tert-OH is 1. The second kappa shape index (κ2) is 19.0. The number of fused-ring (bicyclic) bond motifs is 1. The largest absolute Gasteiger partial charge is 0.445 e. The van der Waals surface area contributed by atoms with Gasteiger partial charge in [0.15, 0.2) is 5.72 Å². The Labute approximate surface area is 299 Å². The molecule has 1 fully saturated rings. The molecule has 2 aromatic rings. The van der Waals surface area contributed by atoms with Crippen LogP contribution in [0.5, 0.6) is 0 Å². The van der Waals surface area contributed by atoms with Crippen LogP contribution in [0.2, 0.25) is 5.02 Å². The molecule has 1 heterocycles. The van der Waals surface area contributed by atoms with Crippen molar-refractivity contribution in [2.75, 3.05) is 24.7 Å². The summed E-state index contributed by atoms with van der Waals surface area (Å²) in [6, 6.07) is 13.2. The molecule has 50 heavy (non-hydrogen) atoms. The lowest BCUT2D eigenvalue weighted by molar-refractivity contribution is -0.141. The molecule has 4 N–H and O–H groups in total. The molecule has 2 unspecified atom stereocenters. The van der Waals surface area contributed by atoms with Crippen molar-refractivity contribution in [1.82, 2.24) is 10.6 Å². The molecule has 3 atom stereocenters. The number of alkyl carbamates (subject to hydrolysis) is 1. The topological polar surface area (TPSA) is 164 Å². The Morgan fingerprint density at radius 2 is 1.74 bits per heavy atom. The summed E-state index contributed by atoms with van der Waals surface area (Å²) in [6.07, 6.45) is 5.78. The highest BCUT2D eigenvalue weighted by Gasteiger charge is 2.51. The fourth-order valence-corrected chi connectivity index (χ4v) is 8.69. The van der Waals surface area contributed by atoms with Crippen molar-refractivity contribution in [3.63, 3.8) is 0 Å². The quantitative estimate of drug-likeness (QED) is 0.112. The van der Waals surface area contributed by atoms with Crippen LogP contribution in [-0.2, 0) is 41.0 Å². The van der Waals surface area contributed by atoms with Crippen molar-refractivity contribution in [2.45, 2.75) is 109 Å². The molecule has 0 radical (unpaired) electrons. The Kier molecular flexibility index (Phi) is 15.1. The van der Waals surface area contributed by atoms with Crippen molar-refractivity contribution in [1.29, 1.82) is 0 Å². The molecule has 2 aliphatic rings. The molecule has 0 aromatic heterocycles. The van der Waals surface area contributed by atoms with Gasteiger partial charge in [-0.15, -0.1) is 0 Å². The summed E-state index contributed by atoms with van der Waals surface area (Å²) in [5.41, 5.74) is -0.198. The van der Waals surface area contributed by atoms with E-state index in [1.165, 1.54) is 0 Å².